The van der Waals surface area contributed by atoms with E-state index in [-0.39, 0.29) is 11.3 Å². The van der Waals surface area contributed by atoms with E-state index in [2.05, 4.69) is 4.67 Å². The van der Waals surface area contributed by atoms with Gasteiger partial charge in [0.25, 0.3) is 5.69 Å². The maximum atomic E-state index is 10.9. The molecule has 82 valence electrons. The van der Waals surface area contributed by atoms with Crippen LogP contribution >= 0.6 is 7.60 Å². The number of hydrogen-bond donors (Lipinski definition) is 2. The molecule has 1 rings (SSSR count). The summed E-state index contributed by atoms with van der Waals surface area (Å²) in [7, 11) is -4.11. The molecule has 0 saturated carbocycles. The Kier molecular flexibility index (Phi) is 3.54. The van der Waals surface area contributed by atoms with Crippen LogP contribution in [0.4, 0.5) is 5.69 Å². The Hall–Kier alpha value is -1.27. The monoisotopic (exact) mass is 233 g/mol. The fraction of sp³-hybridized carbons (Fsp3) is 0.143. The van der Waals surface area contributed by atoms with Crippen molar-refractivity contribution in [2.75, 3.05) is 0 Å². The molecule has 0 fully saturated rings. The second-order valence-electron chi connectivity index (χ2n) is 2.80. The molecule has 1 atom stereocenters. The lowest BCUT2D eigenvalue weighted by molar-refractivity contribution is -0.384. The van der Waals surface area contributed by atoms with Crippen molar-refractivity contribution in [2.24, 2.45) is 0 Å². The molecular weight excluding hydrogens is 225 g/mol. The molecule has 0 aliphatic carbocycles. The molecule has 0 amide bonds. The average molecular weight is 233 g/mol. The standard InChI is InChI=1S/C7H8NO6P/c9-8(10)7-3-1-2-6(4-7)5-15(12,13)14-11/h1-4,11H,5H2,(H,12,13). The number of nitrogens with zero attached hydrogens (tertiary/aromatic N) is 1. The molecular formula is C7H8NO6P. The lowest BCUT2D eigenvalue weighted by Gasteiger charge is -2.05. The zero-order chi connectivity index (χ0) is 11.5. The van der Waals surface area contributed by atoms with Crippen molar-refractivity contribution >= 4 is 13.3 Å². The van der Waals surface area contributed by atoms with Crippen LogP contribution in [0.5, 0.6) is 0 Å². The van der Waals surface area contributed by atoms with Crippen molar-refractivity contribution in [3.8, 4) is 0 Å². The normalized spacial score (nSPS) is 14.5. The number of hydrogen-bond acceptors (Lipinski definition) is 5. The highest BCUT2D eigenvalue weighted by Crippen LogP contribution is 2.44. The molecule has 1 unspecified atom stereocenters. The van der Waals surface area contributed by atoms with Crippen LogP contribution in [-0.2, 0) is 15.4 Å². The summed E-state index contributed by atoms with van der Waals surface area (Å²) in [5.41, 5.74) is 0.0505. The van der Waals surface area contributed by atoms with Gasteiger partial charge in [0, 0.05) is 12.1 Å². The zero-order valence-corrected chi connectivity index (χ0v) is 8.33. The van der Waals surface area contributed by atoms with Crippen LogP contribution in [0, 0.1) is 10.1 Å². The lowest BCUT2D eigenvalue weighted by atomic mass is 10.2. The van der Waals surface area contributed by atoms with Crippen LogP contribution in [0.3, 0.4) is 0 Å². The molecule has 0 saturated heterocycles. The molecule has 2 N–H and O–H groups in total. The fourth-order valence-corrected chi connectivity index (χ4v) is 1.74. The summed E-state index contributed by atoms with van der Waals surface area (Å²) in [5, 5.41) is 18.5. The van der Waals surface area contributed by atoms with E-state index in [1.54, 1.807) is 0 Å². The third-order valence-corrected chi connectivity index (χ3v) is 2.65. The minimum Gasteiger partial charge on any atom is -0.323 e. The molecule has 8 heteroatoms. The lowest BCUT2D eigenvalue weighted by Crippen LogP contribution is -1.93. The largest absolute Gasteiger partial charge is 0.359 e. The fourth-order valence-electron chi connectivity index (χ4n) is 1.03. The number of non-ortho nitro benzene ring substituents is 1. The summed E-state index contributed by atoms with van der Waals surface area (Å²) in [4.78, 5) is 18.7. The summed E-state index contributed by atoms with van der Waals surface area (Å²) in [6.45, 7) is 0. The number of nitro benzene ring substituents is 1. The van der Waals surface area contributed by atoms with Gasteiger partial charge in [-0.25, -0.2) is 5.26 Å². The summed E-state index contributed by atoms with van der Waals surface area (Å²) < 4.78 is 14.3. The predicted octanol–water partition coefficient (Wildman–Crippen LogP) is 1.77. The first-order valence-corrected chi connectivity index (χ1v) is 5.59. The molecule has 0 aromatic heterocycles. The average Bonchev–Trinajstić information content (AvgIpc) is 2.17. The minimum absolute atomic E-state index is 0.189. The van der Waals surface area contributed by atoms with E-state index in [1.165, 1.54) is 18.2 Å². The van der Waals surface area contributed by atoms with Gasteiger partial charge < -0.3 is 4.89 Å². The first kappa shape index (κ1) is 11.8. The zero-order valence-electron chi connectivity index (χ0n) is 7.44. The van der Waals surface area contributed by atoms with Crippen molar-refractivity contribution in [2.45, 2.75) is 6.16 Å². The van der Waals surface area contributed by atoms with Gasteiger partial charge in [0.05, 0.1) is 11.1 Å². The van der Waals surface area contributed by atoms with Gasteiger partial charge >= 0.3 is 7.60 Å². The SMILES string of the molecule is O=[N+]([O-])c1cccc(CP(=O)(O)OO)c1. The van der Waals surface area contributed by atoms with Crippen LogP contribution in [0.15, 0.2) is 24.3 Å². The summed E-state index contributed by atoms with van der Waals surface area (Å²) in [6.07, 6.45) is -0.481. The van der Waals surface area contributed by atoms with E-state index in [9.17, 15) is 14.7 Å². The van der Waals surface area contributed by atoms with E-state index in [0.29, 0.717) is 0 Å². The molecule has 15 heavy (non-hydrogen) atoms. The summed E-state index contributed by atoms with van der Waals surface area (Å²) >= 11 is 0. The Bertz CT molecular complexity index is 420. The number of nitro groups is 1. The van der Waals surface area contributed by atoms with Gasteiger partial charge in [0.2, 0.25) is 0 Å². The Labute approximate surface area is 84.5 Å². The van der Waals surface area contributed by atoms with Crippen molar-refractivity contribution < 1.29 is 24.3 Å². The van der Waals surface area contributed by atoms with E-state index in [4.69, 9.17) is 10.2 Å². The Morgan fingerprint density at radius 3 is 2.73 bits per heavy atom. The van der Waals surface area contributed by atoms with Crippen LogP contribution in [0.2, 0.25) is 0 Å². The molecule has 0 spiro atoms. The molecule has 7 nitrogen and oxygen atoms in total. The van der Waals surface area contributed by atoms with E-state index < -0.39 is 18.7 Å². The molecule has 0 radical (unpaired) electrons. The van der Waals surface area contributed by atoms with E-state index >= 15 is 0 Å². The van der Waals surface area contributed by atoms with Crippen LogP contribution in [0.25, 0.3) is 0 Å². The van der Waals surface area contributed by atoms with Crippen molar-refractivity contribution in [1.29, 1.82) is 0 Å². The molecule has 0 bridgehead atoms. The molecule has 0 heterocycles. The van der Waals surface area contributed by atoms with Crippen LogP contribution in [-0.4, -0.2) is 15.1 Å². The van der Waals surface area contributed by atoms with Crippen LogP contribution < -0.4 is 0 Å². The van der Waals surface area contributed by atoms with Crippen molar-refractivity contribution in [3.63, 3.8) is 0 Å². The maximum absolute atomic E-state index is 10.9. The molecule has 0 aliphatic heterocycles. The highest BCUT2D eigenvalue weighted by molar-refractivity contribution is 7.51. The highest BCUT2D eigenvalue weighted by Gasteiger charge is 2.20. The second kappa shape index (κ2) is 4.50. The Balaban J connectivity index is 2.92. The van der Waals surface area contributed by atoms with Gasteiger partial charge in [-0.1, -0.05) is 12.1 Å². The maximum Gasteiger partial charge on any atom is 0.359 e. The van der Waals surface area contributed by atoms with Gasteiger partial charge in [-0.05, 0) is 5.56 Å². The van der Waals surface area contributed by atoms with E-state index in [0.717, 1.165) is 6.07 Å². The predicted molar refractivity (Wildman–Crippen MR) is 50.3 cm³/mol. The first-order valence-electron chi connectivity index (χ1n) is 3.83. The van der Waals surface area contributed by atoms with Gasteiger partial charge in [-0.3, -0.25) is 14.7 Å². The molecule has 0 aliphatic rings. The Morgan fingerprint density at radius 2 is 2.20 bits per heavy atom. The van der Waals surface area contributed by atoms with Gasteiger partial charge in [0.15, 0.2) is 0 Å². The summed E-state index contributed by atoms with van der Waals surface area (Å²) in [5.74, 6) is 0. The number of benzene rings is 1. The Morgan fingerprint density at radius 1 is 1.53 bits per heavy atom. The first-order chi connectivity index (χ1) is 6.94. The molecule has 1 aromatic rings. The van der Waals surface area contributed by atoms with Crippen LogP contribution in [0.1, 0.15) is 5.56 Å². The second-order valence-corrected chi connectivity index (χ2v) is 4.56. The van der Waals surface area contributed by atoms with E-state index in [1.807, 2.05) is 0 Å². The summed E-state index contributed by atoms with van der Waals surface area (Å²) in [6, 6.07) is 5.20. The molecule has 1 aromatic carbocycles. The van der Waals surface area contributed by atoms with Crippen molar-refractivity contribution in [1.82, 2.24) is 0 Å². The smallest absolute Gasteiger partial charge is 0.323 e. The quantitative estimate of drug-likeness (QED) is 0.355. The van der Waals surface area contributed by atoms with Gasteiger partial charge in [-0.2, -0.15) is 4.67 Å². The van der Waals surface area contributed by atoms with Gasteiger partial charge in [-0.15, -0.1) is 0 Å². The highest BCUT2D eigenvalue weighted by atomic mass is 31.2. The number of rotatable bonds is 4. The van der Waals surface area contributed by atoms with Gasteiger partial charge in [0.1, 0.15) is 0 Å². The third kappa shape index (κ3) is 3.41. The minimum atomic E-state index is -4.11. The third-order valence-electron chi connectivity index (χ3n) is 1.63. The topological polar surface area (TPSA) is 110 Å². The van der Waals surface area contributed by atoms with Crippen molar-refractivity contribution in [3.05, 3.63) is 39.9 Å².